The zero-order valence-electron chi connectivity index (χ0n) is 9.59. The summed E-state index contributed by atoms with van der Waals surface area (Å²) in [6.07, 6.45) is 5.82. The van der Waals surface area contributed by atoms with Crippen LogP contribution >= 0.6 is 0 Å². The molecular weight excluding hydrogens is 222 g/mol. The Balaban J connectivity index is 1.99. The molecule has 1 heterocycles. The van der Waals surface area contributed by atoms with Crippen molar-refractivity contribution in [3.05, 3.63) is 18.0 Å². The van der Waals surface area contributed by atoms with Crippen molar-refractivity contribution in [1.82, 2.24) is 15.1 Å². The summed E-state index contributed by atoms with van der Waals surface area (Å²) in [7, 11) is 0. The van der Waals surface area contributed by atoms with Crippen molar-refractivity contribution in [1.29, 1.82) is 0 Å². The first-order valence-electron chi connectivity index (χ1n) is 5.65. The molecule has 17 heavy (non-hydrogen) atoms. The lowest BCUT2D eigenvalue weighted by Gasteiger charge is -2.27. The maximum absolute atomic E-state index is 11.8. The van der Waals surface area contributed by atoms with Crippen LogP contribution in [0.1, 0.15) is 42.6 Å². The molecule has 1 fully saturated rings. The van der Waals surface area contributed by atoms with Crippen LogP contribution in [0.4, 0.5) is 0 Å². The number of carbonyl (C=O) groups is 2. The van der Waals surface area contributed by atoms with Crippen molar-refractivity contribution in [2.75, 3.05) is 0 Å². The fourth-order valence-electron chi connectivity index (χ4n) is 1.65. The highest BCUT2D eigenvalue weighted by Gasteiger charge is 2.23. The van der Waals surface area contributed by atoms with Crippen molar-refractivity contribution in [2.45, 2.75) is 38.3 Å². The SMILES string of the molecule is CC(C(=O)NC1CCC1)n1cc(C(=O)O)cn1. The van der Waals surface area contributed by atoms with Gasteiger partial charge in [-0.2, -0.15) is 5.10 Å². The molecule has 1 unspecified atom stereocenters. The Kier molecular flexibility index (Phi) is 3.12. The third kappa shape index (κ3) is 2.46. The van der Waals surface area contributed by atoms with E-state index in [1.165, 1.54) is 17.1 Å². The highest BCUT2D eigenvalue weighted by atomic mass is 16.4. The number of hydrogen-bond donors (Lipinski definition) is 2. The molecule has 0 bridgehead atoms. The summed E-state index contributed by atoms with van der Waals surface area (Å²) in [5.74, 6) is -1.16. The lowest BCUT2D eigenvalue weighted by molar-refractivity contribution is -0.125. The van der Waals surface area contributed by atoms with Gasteiger partial charge in [0.25, 0.3) is 0 Å². The van der Waals surface area contributed by atoms with Crippen molar-refractivity contribution in [3.8, 4) is 0 Å². The predicted molar refractivity (Wildman–Crippen MR) is 59.7 cm³/mol. The van der Waals surface area contributed by atoms with Crippen molar-refractivity contribution >= 4 is 11.9 Å². The Morgan fingerprint density at radius 2 is 2.29 bits per heavy atom. The van der Waals surface area contributed by atoms with Gasteiger partial charge < -0.3 is 10.4 Å². The Labute approximate surface area is 98.6 Å². The number of aromatic carboxylic acids is 1. The second-order valence-electron chi connectivity index (χ2n) is 4.33. The molecule has 92 valence electrons. The van der Waals surface area contributed by atoms with E-state index in [1.807, 2.05) is 0 Å². The summed E-state index contributed by atoms with van der Waals surface area (Å²) >= 11 is 0. The molecule has 0 aliphatic heterocycles. The number of carboxylic acids is 1. The molecular formula is C11H15N3O3. The molecule has 1 saturated carbocycles. The van der Waals surface area contributed by atoms with Crippen LogP contribution in [0.5, 0.6) is 0 Å². The number of amides is 1. The van der Waals surface area contributed by atoms with Crippen LogP contribution in [-0.2, 0) is 4.79 Å². The number of carbonyl (C=O) groups excluding carboxylic acids is 1. The van der Waals surface area contributed by atoms with E-state index in [9.17, 15) is 9.59 Å². The fourth-order valence-corrected chi connectivity index (χ4v) is 1.65. The lowest BCUT2D eigenvalue weighted by atomic mass is 9.93. The number of aromatic nitrogens is 2. The smallest absolute Gasteiger partial charge is 0.338 e. The summed E-state index contributed by atoms with van der Waals surface area (Å²) in [5, 5.41) is 15.5. The molecule has 0 radical (unpaired) electrons. The van der Waals surface area contributed by atoms with Gasteiger partial charge in [-0.05, 0) is 26.2 Å². The first-order chi connectivity index (χ1) is 8.08. The molecule has 1 aliphatic rings. The molecule has 1 aromatic rings. The molecule has 2 N–H and O–H groups in total. The summed E-state index contributed by atoms with van der Waals surface area (Å²) in [6, 6.07) is -0.205. The number of carboxylic acid groups (broad SMARTS) is 1. The van der Waals surface area contributed by atoms with E-state index in [0.717, 1.165) is 19.3 Å². The summed E-state index contributed by atoms with van der Waals surface area (Å²) < 4.78 is 1.37. The summed E-state index contributed by atoms with van der Waals surface area (Å²) in [5.41, 5.74) is 0.0910. The van der Waals surface area contributed by atoms with Crippen LogP contribution in [0.3, 0.4) is 0 Å². The third-order valence-electron chi connectivity index (χ3n) is 3.08. The van der Waals surface area contributed by atoms with Gasteiger partial charge in [0.15, 0.2) is 0 Å². The number of hydrogen-bond acceptors (Lipinski definition) is 3. The second kappa shape index (κ2) is 4.57. The third-order valence-corrected chi connectivity index (χ3v) is 3.08. The van der Waals surface area contributed by atoms with E-state index < -0.39 is 12.0 Å². The van der Waals surface area contributed by atoms with Crippen LogP contribution in [0.2, 0.25) is 0 Å². The molecule has 1 aliphatic carbocycles. The Morgan fingerprint density at radius 1 is 1.59 bits per heavy atom. The van der Waals surface area contributed by atoms with E-state index in [-0.39, 0.29) is 17.5 Å². The van der Waals surface area contributed by atoms with Gasteiger partial charge >= 0.3 is 5.97 Å². The maximum Gasteiger partial charge on any atom is 0.338 e. The number of nitrogens with zero attached hydrogens (tertiary/aromatic N) is 2. The molecule has 6 heteroatoms. The average molecular weight is 237 g/mol. The molecule has 0 saturated heterocycles. The Bertz CT molecular complexity index is 437. The Morgan fingerprint density at radius 3 is 2.76 bits per heavy atom. The van der Waals surface area contributed by atoms with Crippen molar-refractivity contribution < 1.29 is 14.7 Å². The zero-order valence-corrected chi connectivity index (χ0v) is 9.59. The van der Waals surface area contributed by atoms with E-state index >= 15 is 0 Å². The molecule has 1 aromatic heterocycles. The van der Waals surface area contributed by atoms with E-state index in [1.54, 1.807) is 6.92 Å². The number of rotatable bonds is 4. The number of nitrogens with one attached hydrogen (secondary N) is 1. The molecule has 6 nitrogen and oxygen atoms in total. The molecule has 1 amide bonds. The van der Waals surface area contributed by atoms with Gasteiger partial charge in [-0.3, -0.25) is 9.48 Å². The molecule has 2 rings (SSSR count). The quantitative estimate of drug-likeness (QED) is 0.811. The van der Waals surface area contributed by atoms with Crippen molar-refractivity contribution in [2.24, 2.45) is 0 Å². The van der Waals surface area contributed by atoms with Crippen LogP contribution in [0.15, 0.2) is 12.4 Å². The topological polar surface area (TPSA) is 84.2 Å². The predicted octanol–water partition coefficient (Wildman–Crippen LogP) is 0.811. The van der Waals surface area contributed by atoms with E-state index in [0.29, 0.717) is 0 Å². The molecule has 0 spiro atoms. The van der Waals surface area contributed by atoms with Gasteiger partial charge in [-0.1, -0.05) is 0 Å². The minimum Gasteiger partial charge on any atom is -0.478 e. The second-order valence-corrected chi connectivity index (χ2v) is 4.33. The van der Waals surface area contributed by atoms with Gasteiger partial charge in [-0.25, -0.2) is 4.79 Å². The van der Waals surface area contributed by atoms with E-state index in [2.05, 4.69) is 10.4 Å². The largest absolute Gasteiger partial charge is 0.478 e. The zero-order chi connectivity index (χ0) is 12.4. The van der Waals surface area contributed by atoms with Gasteiger partial charge in [-0.15, -0.1) is 0 Å². The first-order valence-corrected chi connectivity index (χ1v) is 5.65. The van der Waals surface area contributed by atoms with Gasteiger partial charge in [0, 0.05) is 12.2 Å². The average Bonchev–Trinajstić information content (AvgIpc) is 2.71. The maximum atomic E-state index is 11.8. The lowest BCUT2D eigenvalue weighted by Crippen LogP contribution is -2.42. The van der Waals surface area contributed by atoms with Crippen LogP contribution < -0.4 is 5.32 Å². The van der Waals surface area contributed by atoms with Crippen LogP contribution in [0, 0.1) is 0 Å². The fraction of sp³-hybridized carbons (Fsp3) is 0.545. The standard InChI is InChI=1S/C11H15N3O3/c1-7(10(15)13-9-3-2-4-9)14-6-8(5-12-14)11(16)17/h5-7,9H,2-4H2,1H3,(H,13,15)(H,16,17). The van der Waals surface area contributed by atoms with Crippen LogP contribution in [-0.4, -0.2) is 32.8 Å². The van der Waals surface area contributed by atoms with Gasteiger partial charge in [0.1, 0.15) is 6.04 Å². The van der Waals surface area contributed by atoms with E-state index in [4.69, 9.17) is 5.11 Å². The van der Waals surface area contributed by atoms with Crippen LogP contribution in [0.25, 0.3) is 0 Å². The monoisotopic (exact) mass is 237 g/mol. The highest BCUT2D eigenvalue weighted by Crippen LogP contribution is 2.19. The Hall–Kier alpha value is -1.85. The van der Waals surface area contributed by atoms with Crippen molar-refractivity contribution in [3.63, 3.8) is 0 Å². The summed E-state index contributed by atoms with van der Waals surface area (Å²) in [6.45, 7) is 1.70. The highest BCUT2D eigenvalue weighted by molar-refractivity contribution is 5.87. The molecule has 0 aromatic carbocycles. The minimum atomic E-state index is -1.04. The molecule has 1 atom stereocenters. The summed E-state index contributed by atoms with van der Waals surface area (Å²) in [4.78, 5) is 22.5. The normalized spacial score (nSPS) is 17.2. The minimum absolute atomic E-state index is 0.0910. The van der Waals surface area contributed by atoms with Gasteiger partial charge in [0.2, 0.25) is 5.91 Å². The first kappa shape index (κ1) is 11.6. The van der Waals surface area contributed by atoms with Gasteiger partial charge in [0.05, 0.1) is 11.8 Å².